The second-order valence-electron chi connectivity index (χ2n) is 9.51. The molecule has 33 heavy (non-hydrogen) atoms. The van der Waals surface area contributed by atoms with Crippen molar-refractivity contribution in [2.45, 2.75) is 91.2 Å². The highest BCUT2D eigenvalue weighted by Gasteiger charge is 2.44. The van der Waals surface area contributed by atoms with Gasteiger partial charge in [-0.3, -0.25) is 19.3 Å². The fourth-order valence-electron chi connectivity index (χ4n) is 3.83. The van der Waals surface area contributed by atoms with E-state index in [1.54, 1.807) is 6.08 Å². The second-order valence-corrected chi connectivity index (χ2v) is 9.51. The molecule has 6 heteroatoms. The van der Waals surface area contributed by atoms with Gasteiger partial charge < -0.3 is 9.84 Å². The molecule has 1 heterocycles. The topological polar surface area (TPSA) is 83.9 Å². The third-order valence-corrected chi connectivity index (χ3v) is 5.42. The quantitative estimate of drug-likeness (QED) is 0.272. The van der Waals surface area contributed by atoms with E-state index in [-0.39, 0.29) is 23.4 Å². The monoisotopic (exact) mass is 455 g/mol. The van der Waals surface area contributed by atoms with Crippen LogP contribution in [0.4, 0.5) is 0 Å². The average Bonchev–Trinajstić information content (AvgIpc) is 2.97. The number of hydrogen-bond donors (Lipinski definition) is 1. The van der Waals surface area contributed by atoms with Crippen molar-refractivity contribution in [3.8, 4) is 5.75 Å². The summed E-state index contributed by atoms with van der Waals surface area (Å²) in [7, 11) is 0. The highest BCUT2D eigenvalue weighted by molar-refractivity contribution is 6.25. The maximum absolute atomic E-state index is 12.9. The summed E-state index contributed by atoms with van der Waals surface area (Å²) in [6.45, 7) is 9.26. The van der Waals surface area contributed by atoms with E-state index in [2.05, 4.69) is 6.92 Å². The van der Waals surface area contributed by atoms with Crippen molar-refractivity contribution in [1.29, 1.82) is 0 Å². The number of carbonyl (C=O) groups excluding carboxylic acids is 3. The van der Waals surface area contributed by atoms with Gasteiger partial charge in [0.1, 0.15) is 28.7 Å². The van der Waals surface area contributed by atoms with Crippen molar-refractivity contribution in [3.63, 3.8) is 0 Å². The Kier molecular flexibility index (Phi) is 9.44. The molecule has 180 valence electrons. The molecule has 2 amide bonds. The van der Waals surface area contributed by atoms with Crippen LogP contribution in [-0.4, -0.2) is 39.2 Å². The predicted molar refractivity (Wildman–Crippen MR) is 129 cm³/mol. The van der Waals surface area contributed by atoms with Crippen LogP contribution in [0.2, 0.25) is 0 Å². The molecule has 1 aliphatic heterocycles. The number of ether oxygens (including phenoxy) is 1. The fraction of sp³-hybridized carbons (Fsp3) is 0.519. The first-order valence-corrected chi connectivity index (χ1v) is 11.8. The fourth-order valence-corrected chi connectivity index (χ4v) is 3.83. The van der Waals surface area contributed by atoms with E-state index in [0.717, 1.165) is 29.7 Å². The Bertz CT molecular complexity index is 905. The zero-order chi connectivity index (χ0) is 24.6. The molecule has 0 saturated heterocycles. The number of unbranched alkanes of at least 4 members (excludes halogenated alkanes) is 5. The number of amides is 2. The number of benzene rings is 1. The highest BCUT2D eigenvalue weighted by atomic mass is 16.5. The zero-order valence-electron chi connectivity index (χ0n) is 20.5. The van der Waals surface area contributed by atoms with E-state index < -0.39 is 23.6 Å². The molecule has 0 spiro atoms. The van der Waals surface area contributed by atoms with Gasteiger partial charge in [0.05, 0.1) is 0 Å². The lowest BCUT2D eigenvalue weighted by molar-refractivity contribution is -0.140. The number of allylic oxidation sites excluding steroid dienone is 1. The number of rotatable bonds is 11. The minimum Gasteiger partial charge on any atom is -0.509 e. The van der Waals surface area contributed by atoms with Gasteiger partial charge in [0, 0.05) is 6.42 Å². The normalized spacial score (nSPS) is 16.7. The molecule has 2 rings (SSSR count). The Morgan fingerprint density at radius 1 is 1.09 bits per heavy atom. The van der Waals surface area contributed by atoms with Crippen LogP contribution < -0.4 is 4.74 Å². The van der Waals surface area contributed by atoms with Crippen molar-refractivity contribution in [2.75, 3.05) is 0 Å². The van der Waals surface area contributed by atoms with Crippen LogP contribution in [-0.2, 0) is 20.8 Å². The van der Waals surface area contributed by atoms with Gasteiger partial charge in [-0.05, 0) is 64.3 Å². The van der Waals surface area contributed by atoms with E-state index >= 15 is 0 Å². The third-order valence-electron chi connectivity index (χ3n) is 5.42. The smallest absolute Gasteiger partial charge is 0.268 e. The summed E-state index contributed by atoms with van der Waals surface area (Å²) < 4.78 is 5.83. The van der Waals surface area contributed by atoms with Gasteiger partial charge in [-0.25, -0.2) is 0 Å². The molecule has 0 aromatic heterocycles. The first kappa shape index (κ1) is 26.4. The number of hydrogen-bond acceptors (Lipinski definition) is 5. The number of aliphatic hydroxyl groups is 1. The summed E-state index contributed by atoms with van der Waals surface area (Å²) >= 11 is 0. The number of Topliss-reactive ketones (excluding diaryl/α,β-unsaturated/α-hetero) is 1. The van der Waals surface area contributed by atoms with Crippen molar-refractivity contribution in [3.05, 3.63) is 53.3 Å². The molecule has 0 bridgehead atoms. The first-order valence-electron chi connectivity index (χ1n) is 11.8. The molecule has 0 saturated carbocycles. The summed E-state index contributed by atoms with van der Waals surface area (Å²) in [5.41, 5.74) is 0.166. The molecule has 1 atom stereocenters. The summed E-state index contributed by atoms with van der Waals surface area (Å²) in [6, 6.07) is 6.38. The summed E-state index contributed by atoms with van der Waals surface area (Å²) in [6.07, 6.45) is 9.72. The summed E-state index contributed by atoms with van der Waals surface area (Å²) in [5, 5.41) is 10.7. The molecule has 0 radical (unpaired) electrons. The van der Waals surface area contributed by atoms with Gasteiger partial charge in [0.15, 0.2) is 5.78 Å². The first-order chi connectivity index (χ1) is 15.5. The van der Waals surface area contributed by atoms with Crippen LogP contribution in [0, 0.1) is 0 Å². The van der Waals surface area contributed by atoms with Gasteiger partial charge in [-0.15, -0.1) is 0 Å². The number of nitrogens with zero attached hydrogens (tertiary/aromatic N) is 1. The SMILES string of the molecule is CCCCCCC/C=C/C(=O)N1C(=O)C(C(C)=O)=C(O)C1Cc1ccc(OC(C)(C)C)cc1. The predicted octanol–water partition coefficient (Wildman–Crippen LogP) is 5.46. The van der Waals surface area contributed by atoms with Gasteiger partial charge in [-0.1, -0.05) is 50.8 Å². The molecule has 1 unspecified atom stereocenters. The Morgan fingerprint density at radius 3 is 2.30 bits per heavy atom. The molecular weight excluding hydrogens is 418 g/mol. The van der Waals surface area contributed by atoms with E-state index in [9.17, 15) is 19.5 Å². The Labute approximate surface area is 197 Å². The molecular formula is C27H37NO5. The van der Waals surface area contributed by atoms with E-state index in [0.29, 0.717) is 5.75 Å². The lowest BCUT2D eigenvalue weighted by Crippen LogP contribution is -2.41. The Hall–Kier alpha value is -2.89. The highest BCUT2D eigenvalue weighted by Crippen LogP contribution is 2.29. The van der Waals surface area contributed by atoms with E-state index in [1.165, 1.54) is 32.3 Å². The third kappa shape index (κ3) is 7.58. The number of imide groups is 1. The van der Waals surface area contributed by atoms with Gasteiger partial charge in [0.2, 0.25) is 0 Å². The number of aliphatic hydroxyl groups excluding tert-OH is 1. The minimum absolute atomic E-state index is 0.209. The zero-order valence-corrected chi connectivity index (χ0v) is 20.5. The second kappa shape index (κ2) is 11.8. The van der Waals surface area contributed by atoms with Crippen LogP contribution in [0.3, 0.4) is 0 Å². The standard InChI is InChI=1S/C27H37NO5/c1-6-7-8-9-10-11-12-13-23(30)28-22(25(31)24(19(2)29)26(28)32)18-20-14-16-21(17-15-20)33-27(3,4)5/h12-17,22,31H,6-11,18H2,1-5H3/b13-12+. The molecule has 1 aromatic rings. The van der Waals surface area contributed by atoms with Crippen molar-refractivity contribution >= 4 is 17.6 Å². The van der Waals surface area contributed by atoms with E-state index in [1.807, 2.05) is 45.0 Å². The molecule has 0 aliphatic carbocycles. The van der Waals surface area contributed by atoms with Gasteiger partial charge in [0.25, 0.3) is 11.8 Å². The van der Waals surface area contributed by atoms with Gasteiger partial charge >= 0.3 is 0 Å². The Balaban J connectivity index is 2.14. The molecule has 1 aromatic carbocycles. The van der Waals surface area contributed by atoms with Crippen LogP contribution in [0.1, 0.15) is 78.7 Å². The summed E-state index contributed by atoms with van der Waals surface area (Å²) in [5.74, 6) is -1.45. The van der Waals surface area contributed by atoms with Crippen LogP contribution in [0.15, 0.2) is 47.7 Å². The molecule has 6 nitrogen and oxygen atoms in total. The van der Waals surface area contributed by atoms with Gasteiger partial charge in [-0.2, -0.15) is 0 Å². The maximum Gasteiger partial charge on any atom is 0.268 e. The average molecular weight is 456 g/mol. The number of carbonyl (C=O) groups is 3. The van der Waals surface area contributed by atoms with Crippen molar-refractivity contribution < 1.29 is 24.2 Å². The maximum atomic E-state index is 12.9. The number of ketones is 1. The van der Waals surface area contributed by atoms with Crippen LogP contribution in [0.5, 0.6) is 5.75 Å². The largest absolute Gasteiger partial charge is 0.509 e. The molecule has 0 fully saturated rings. The van der Waals surface area contributed by atoms with Crippen molar-refractivity contribution in [2.24, 2.45) is 0 Å². The molecule has 1 N–H and O–H groups in total. The molecule has 1 aliphatic rings. The lowest BCUT2D eigenvalue weighted by Gasteiger charge is -2.23. The van der Waals surface area contributed by atoms with Crippen LogP contribution in [0.25, 0.3) is 0 Å². The Morgan fingerprint density at radius 2 is 1.73 bits per heavy atom. The van der Waals surface area contributed by atoms with Crippen molar-refractivity contribution in [1.82, 2.24) is 4.90 Å². The summed E-state index contributed by atoms with van der Waals surface area (Å²) in [4.78, 5) is 38.7. The minimum atomic E-state index is -0.910. The van der Waals surface area contributed by atoms with E-state index in [4.69, 9.17) is 4.74 Å². The van der Waals surface area contributed by atoms with Crippen LogP contribution >= 0.6 is 0 Å². The lowest BCUT2D eigenvalue weighted by atomic mass is 10.0.